The van der Waals surface area contributed by atoms with Crippen molar-refractivity contribution in [3.8, 4) is 0 Å². The van der Waals surface area contributed by atoms with Crippen molar-refractivity contribution in [2.24, 2.45) is 0 Å². The van der Waals surface area contributed by atoms with Gasteiger partial charge < -0.3 is 10.6 Å². The molecule has 24 heavy (non-hydrogen) atoms. The van der Waals surface area contributed by atoms with Gasteiger partial charge in [-0.2, -0.15) is 0 Å². The summed E-state index contributed by atoms with van der Waals surface area (Å²) < 4.78 is 22.9. The second-order valence-electron chi connectivity index (χ2n) is 6.07. The number of imide groups is 1. The monoisotopic (exact) mass is 373 g/mol. The molecule has 0 aromatic heterocycles. The van der Waals surface area contributed by atoms with Crippen LogP contribution in [0.3, 0.4) is 0 Å². The van der Waals surface area contributed by atoms with Crippen LogP contribution in [0.4, 0.5) is 4.79 Å². The molecular formula is C15H20ClN3O4S. The number of benzene rings is 1. The maximum absolute atomic E-state index is 12.6. The highest BCUT2D eigenvalue weighted by Crippen LogP contribution is 2.28. The highest BCUT2D eigenvalue weighted by atomic mass is 35.5. The molecule has 2 saturated heterocycles. The minimum absolute atomic E-state index is 0. The molecule has 132 valence electrons. The van der Waals surface area contributed by atoms with Crippen LogP contribution in [0.2, 0.25) is 0 Å². The van der Waals surface area contributed by atoms with Gasteiger partial charge in [-0.1, -0.05) is 12.1 Å². The Morgan fingerprint density at radius 3 is 2.25 bits per heavy atom. The third-order valence-electron chi connectivity index (χ3n) is 4.40. The molecule has 1 aromatic rings. The van der Waals surface area contributed by atoms with Crippen molar-refractivity contribution in [2.45, 2.75) is 29.8 Å². The Kier molecular flexibility index (Phi) is 5.22. The van der Waals surface area contributed by atoms with Crippen molar-refractivity contribution in [1.82, 2.24) is 15.5 Å². The quantitative estimate of drug-likeness (QED) is 0.760. The smallest absolute Gasteiger partial charge is 0.323 e. The molecule has 2 N–H and O–H groups in total. The van der Waals surface area contributed by atoms with E-state index in [2.05, 4.69) is 10.6 Å². The highest BCUT2D eigenvalue weighted by Gasteiger charge is 2.51. The second kappa shape index (κ2) is 6.70. The maximum Gasteiger partial charge on any atom is 0.325 e. The van der Waals surface area contributed by atoms with Gasteiger partial charge in [-0.3, -0.25) is 9.69 Å². The van der Waals surface area contributed by atoms with Crippen molar-refractivity contribution in [3.63, 3.8) is 0 Å². The third kappa shape index (κ3) is 3.40. The Morgan fingerprint density at radius 1 is 1.12 bits per heavy atom. The van der Waals surface area contributed by atoms with Gasteiger partial charge in [0, 0.05) is 6.26 Å². The standard InChI is InChI=1S/C15H19N3O4S.ClH/c1-23(21,22)12-4-2-11(3-5-12)10-18-13(19)15(17-14(18)20)6-8-16-9-7-15;/h2-5,16H,6-10H2,1H3,(H,17,20);1H. The number of hydrogen-bond donors (Lipinski definition) is 2. The Hall–Kier alpha value is -1.64. The van der Waals surface area contributed by atoms with E-state index in [1.54, 1.807) is 12.1 Å². The van der Waals surface area contributed by atoms with Crippen molar-refractivity contribution in [2.75, 3.05) is 19.3 Å². The first-order valence-corrected chi connectivity index (χ1v) is 9.35. The van der Waals surface area contributed by atoms with Crippen LogP contribution in [0.25, 0.3) is 0 Å². The van der Waals surface area contributed by atoms with E-state index in [-0.39, 0.29) is 35.8 Å². The SMILES string of the molecule is CS(=O)(=O)c1ccc(CN2C(=O)NC3(CCNCC3)C2=O)cc1.Cl. The number of urea groups is 1. The summed E-state index contributed by atoms with van der Waals surface area (Å²) in [5.74, 6) is -0.198. The van der Waals surface area contributed by atoms with E-state index in [1.807, 2.05) is 0 Å². The van der Waals surface area contributed by atoms with E-state index >= 15 is 0 Å². The van der Waals surface area contributed by atoms with Gasteiger partial charge >= 0.3 is 6.03 Å². The molecule has 0 saturated carbocycles. The Bertz CT molecular complexity index is 742. The van der Waals surface area contributed by atoms with Crippen LogP contribution < -0.4 is 10.6 Å². The van der Waals surface area contributed by atoms with E-state index in [9.17, 15) is 18.0 Å². The molecular weight excluding hydrogens is 354 g/mol. The highest BCUT2D eigenvalue weighted by molar-refractivity contribution is 7.90. The molecule has 3 amide bonds. The number of carbonyl (C=O) groups is 2. The summed E-state index contributed by atoms with van der Waals surface area (Å²) in [6.07, 6.45) is 2.31. The average Bonchev–Trinajstić information content (AvgIpc) is 2.72. The molecule has 2 heterocycles. The fourth-order valence-corrected chi connectivity index (χ4v) is 3.67. The number of carbonyl (C=O) groups excluding carboxylic acids is 2. The zero-order valence-electron chi connectivity index (χ0n) is 13.2. The molecule has 2 fully saturated rings. The Balaban J connectivity index is 0.00000208. The predicted molar refractivity (Wildman–Crippen MR) is 90.7 cm³/mol. The molecule has 7 nitrogen and oxygen atoms in total. The van der Waals surface area contributed by atoms with Gasteiger partial charge in [0.15, 0.2) is 9.84 Å². The van der Waals surface area contributed by atoms with E-state index < -0.39 is 15.4 Å². The lowest BCUT2D eigenvalue weighted by Crippen LogP contribution is -2.53. The van der Waals surface area contributed by atoms with Crippen molar-refractivity contribution >= 4 is 34.2 Å². The predicted octanol–water partition coefficient (Wildman–Crippen LogP) is 0.686. The van der Waals surface area contributed by atoms with E-state index in [0.29, 0.717) is 31.5 Å². The van der Waals surface area contributed by atoms with Crippen molar-refractivity contribution in [1.29, 1.82) is 0 Å². The van der Waals surface area contributed by atoms with Crippen LogP contribution in [0.1, 0.15) is 18.4 Å². The van der Waals surface area contributed by atoms with Gasteiger partial charge in [-0.15, -0.1) is 12.4 Å². The van der Waals surface area contributed by atoms with E-state index in [1.165, 1.54) is 17.0 Å². The van der Waals surface area contributed by atoms with Gasteiger partial charge in [0.1, 0.15) is 5.54 Å². The fourth-order valence-electron chi connectivity index (χ4n) is 3.04. The first-order valence-electron chi connectivity index (χ1n) is 7.46. The van der Waals surface area contributed by atoms with Gasteiger partial charge in [-0.05, 0) is 43.6 Å². The number of rotatable bonds is 3. The summed E-state index contributed by atoms with van der Waals surface area (Å²) in [4.78, 5) is 26.2. The number of piperidine rings is 1. The molecule has 1 spiro atoms. The van der Waals surface area contributed by atoms with Crippen LogP contribution in [0.15, 0.2) is 29.2 Å². The van der Waals surface area contributed by atoms with Gasteiger partial charge in [0.25, 0.3) is 5.91 Å². The van der Waals surface area contributed by atoms with E-state index in [4.69, 9.17) is 0 Å². The second-order valence-corrected chi connectivity index (χ2v) is 8.09. The molecule has 0 aliphatic carbocycles. The molecule has 3 rings (SSSR count). The zero-order chi connectivity index (χ0) is 16.7. The van der Waals surface area contributed by atoms with Gasteiger partial charge in [0.05, 0.1) is 11.4 Å². The van der Waals surface area contributed by atoms with E-state index in [0.717, 1.165) is 6.26 Å². The lowest BCUT2D eigenvalue weighted by Gasteiger charge is -2.31. The summed E-state index contributed by atoms with van der Waals surface area (Å²) in [5.41, 5.74) is -0.0680. The van der Waals surface area contributed by atoms with Crippen LogP contribution in [-0.2, 0) is 21.2 Å². The lowest BCUT2D eigenvalue weighted by atomic mass is 9.88. The number of sulfone groups is 1. The summed E-state index contributed by atoms with van der Waals surface area (Å²) in [5, 5.41) is 6.00. The number of halogens is 1. The summed E-state index contributed by atoms with van der Waals surface area (Å²) in [7, 11) is -3.26. The molecule has 0 bridgehead atoms. The summed E-state index contributed by atoms with van der Waals surface area (Å²) in [6, 6.07) is 5.85. The first-order chi connectivity index (χ1) is 10.8. The van der Waals surface area contributed by atoms with Crippen molar-refractivity contribution in [3.05, 3.63) is 29.8 Å². The lowest BCUT2D eigenvalue weighted by molar-refractivity contribution is -0.132. The normalized spacial score (nSPS) is 20.0. The Labute approximate surface area is 147 Å². The molecule has 2 aliphatic heterocycles. The number of hydrogen-bond acceptors (Lipinski definition) is 5. The van der Waals surface area contributed by atoms with Crippen LogP contribution in [-0.4, -0.2) is 50.1 Å². The minimum Gasteiger partial charge on any atom is -0.323 e. The first kappa shape index (κ1) is 18.7. The molecule has 0 radical (unpaired) electrons. The minimum atomic E-state index is -3.26. The molecule has 0 unspecified atom stereocenters. The van der Waals surface area contributed by atoms with Crippen LogP contribution in [0, 0.1) is 0 Å². The van der Waals surface area contributed by atoms with Crippen LogP contribution in [0.5, 0.6) is 0 Å². The van der Waals surface area contributed by atoms with Gasteiger partial charge in [0.2, 0.25) is 0 Å². The van der Waals surface area contributed by atoms with Crippen molar-refractivity contribution < 1.29 is 18.0 Å². The molecule has 2 aliphatic rings. The number of amides is 3. The maximum atomic E-state index is 12.6. The molecule has 0 atom stereocenters. The van der Waals surface area contributed by atoms with Gasteiger partial charge in [-0.25, -0.2) is 13.2 Å². The fraction of sp³-hybridized carbons (Fsp3) is 0.467. The number of nitrogens with one attached hydrogen (secondary N) is 2. The Morgan fingerprint density at radius 2 is 1.71 bits per heavy atom. The largest absolute Gasteiger partial charge is 0.325 e. The molecule has 9 heteroatoms. The van der Waals surface area contributed by atoms with Crippen LogP contribution >= 0.6 is 12.4 Å². The summed E-state index contributed by atoms with van der Waals surface area (Å²) in [6.45, 7) is 1.54. The number of nitrogens with zero attached hydrogens (tertiary/aromatic N) is 1. The third-order valence-corrected chi connectivity index (χ3v) is 5.52. The topological polar surface area (TPSA) is 95.6 Å². The average molecular weight is 374 g/mol. The summed E-state index contributed by atoms with van der Waals surface area (Å²) >= 11 is 0. The molecule has 1 aromatic carbocycles. The zero-order valence-corrected chi connectivity index (χ0v) is 14.9.